The average molecular weight is 368 g/mol. The summed E-state index contributed by atoms with van der Waals surface area (Å²) in [5.74, 6) is -1.96. The van der Waals surface area contributed by atoms with Crippen LogP contribution in [0.3, 0.4) is 0 Å². The Morgan fingerprint density at radius 1 is 1.23 bits per heavy atom. The smallest absolute Gasteiger partial charge is 0.194 e. The fraction of sp³-hybridized carbons (Fsp3) is 0.250. The Bertz CT molecular complexity index is 738. The standard InChI is InChI=1S/C16H14FNO3.BrH/c17-15-14-12(5-11(19)16(15)20)21-7-10-13(14)9-4-2-1-3-8(9)6-18-10;/h1-5,10,13,18-20H,6-7H2;1H. The number of halogens is 2. The van der Waals surface area contributed by atoms with E-state index in [0.717, 1.165) is 11.1 Å². The number of fused-ring (bicyclic) bond motifs is 5. The zero-order valence-electron chi connectivity index (χ0n) is 11.5. The van der Waals surface area contributed by atoms with Crippen molar-refractivity contribution in [1.82, 2.24) is 5.32 Å². The highest BCUT2D eigenvalue weighted by Gasteiger charge is 2.39. The van der Waals surface area contributed by atoms with Crippen molar-refractivity contribution in [2.75, 3.05) is 6.61 Å². The van der Waals surface area contributed by atoms with Gasteiger partial charge in [-0.1, -0.05) is 24.3 Å². The Morgan fingerprint density at radius 2 is 2.00 bits per heavy atom. The van der Waals surface area contributed by atoms with Crippen LogP contribution in [0.25, 0.3) is 0 Å². The monoisotopic (exact) mass is 367 g/mol. The van der Waals surface area contributed by atoms with E-state index in [2.05, 4.69) is 5.32 Å². The number of nitrogens with one attached hydrogen (secondary N) is 1. The normalized spacial score (nSPS) is 21.7. The maximum atomic E-state index is 14.5. The lowest BCUT2D eigenvalue weighted by atomic mass is 9.78. The molecule has 6 heteroatoms. The van der Waals surface area contributed by atoms with Gasteiger partial charge in [-0.05, 0) is 11.1 Å². The minimum Gasteiger partial charge on any atom is -0.504 e. The average Bonchev–Trinajstić information content (AvgIpc) is 2.52. The van der Waals surface area contributed by atoms with Gasteiger partial charge in [-0.25, -0.2) is 4.39 Å². The molecule has 116 valence electrons. The van der Waals surface area contributed by atoms with Crippen molar-refractivity contribution in [2.24, 2.45) is 0 Å². The molecule has 2 aromatic rings. The van der Waals surface area contributed by atoms with E-state index in [1.165, 1.54) is 6.07 Å². The van der Waals surface area contributed by atoms with Crippen LogP contribution in [0.1, 0.15) is 22.6 Å². The number of hydrogen-bond donors (Lipinski definition) is 3. The molecule has 0 saturated carbocycles. The number of aromatic hydroxyl groups is 2. The fourth-order valence-corrected chi connectivity index (χ4v) is 3.29. The summed E-state index contributed by atoms with van der Waals surface area (Å²) in [5, 5.41) is 22.6. The third kappa shape index (κ3) is 2.06. The first-order valence-electron chi connectivity index (χ1n) is 6.85. The topological polar surface area (TPSA) is 61.7 Å². The van der Waals surface area contributed by atoms with Crippen LogP contribution in [0, 0.1) is 5.82 Å². The summed E-state index contributed by atoms with van der Waals surface area (Å²) in [6.45, 7) is 1.11. The molecule has 0 saturated heterocycles. The first-order valence-corrected chi connectivity index (χ1v) is 6.85. The van der Waals surface area contributed by atoms with Gasteiger partial charge in [-0.3, -0.25) is 0 Å². The summed E-state index contributed by atoms with van der Waals surface area (Å²) in [7, 11) is 0. The van der Waals surface area contributed by atoms with Crippen LogP contribution in [0.2, 0.25) is 0 Å². The first-order chi connectivity index (χ1) is 10.2. The van der Waals surface area contributed by atoms with E-state index in [9.17, 15) is 14.6 Å². The van der Waals surface area contributed by atoms with E-state index >= 15 is 0 Å². The van der Waals surface area contributed by atoms with Gasteiger partial charge in [0, 0.05) is 24.1 Å². The second-order valence-electron chi connectivity index (χ2n) is 5.44. The molecule has 0 spiro atoms. The van der Waals surface area contributed by atoms with E-state index in [-0.39, 0.29) is 28.9 Å². The quantitative estimate of drug-likeness (QED) is 0.626. The van der Waals surface area contributed by atoms with E-state index in [1.54, 1.807) is 0 Å². The number of phenolic OH excluding ortho intramolecular Hbond substituents is 2. The molecule has 2 aromatic carbocycles. The molecule has 3 N–H and O–H groups in total. The van der Waals surface area contributed by atoms with Gasteiger partial charge in [0.2, 0.25) is 0 Å². The van der Waals surface area contributed by atoms with Crippen molar-refractivity contribution in [3.63, 3.8) is 0 Å². The molecule has 2 unspecified atom stereocenters. The molecule has 4 rings (SSSR count). The molecule has 4 nitrogen and oxygen atoms in total. The maximum Gasteiger partial charge on any atom is 0.194 e. The zero-order valence-corrected chi connectivity index (χ0v) is 13.3. The molecule has 0 aromatic heterocycles. The van der Waals surface area contributed by atoms with Gasteiger partial charge in [0.25, 0.3) is 0 Å². The SMILES string of the molecule is Br.Oc1cc2c(c(F)c1O)C1c3ccccc3CNC1CO2. The van der Waals surface area contributed by atoms with Crippen molar-refractivity contribution in [3.05, 3.63) is 52.8 Å². The van der Waals surface area contributed by atoms with E-state index < -0.39 is 17.3 Å². The Labute approximate surface area is 137 Å². The second-order valence-corrected chi connectivity index (χ2v) is 5.44. The Morgan fingerprint density at radius 3 is 2.82 bits per heavy atom. The number of benzene rings is 2. The maximum absolute atomic E-state index is 14.5. The molecule has 2 aliphatic rings. The van der Waals surface area contributed by atoms with Crippen LogP contribution in [0.5, 0.6) is 17.2 Å². The molecule has 2 heterocycles. The summed E-state index contributed by atoms with van der Waals surface area (Å²) in [6.07, 6.45) is 0. The number of phenols is 2. The molecule has 22 heavy (non-hydrogen) atoms. The number of ether oxygens (including phenoxy) is 1. The second kappa shape index (κ2) is 5.44. The van der Waals surface area contributed by atoms with Crippen LogP contribution in [0.4, 0.5) is 4.39 Å². The minimum atomic E-state index is -0.807. The molecular weight excluding hydrogens is 353 g/mol. The van der Waals surface area contributed by atoms with Crippen LogP contribution in [0.15, 0.2) is 30.3 Å². The highest BCUT2D eigenvalue weighted by molar-refractivity contribution is 8.93. The Kier molecular flexibility index (Phi) is 3.74. The van der Waals surface area contributed by atoms with Crippen molar-refractivity contribution in [1.29, 1.82) is 0 Å². The first kappa shape index (κ1) is 15.1. The van der Waals surface area contributed by atoms with Crippen LogP contribution >= 0.6 is 17.0 Å². The van der Waals surface area contributed by atoms with Gasteiger partial charge in [0.05, 0.1) is 6.04 Å². The summed E-state index contributed by atoms with van der Waals surface area (Å²) in [6, 6.07) is 9.09. The van der Waals surface area contributed by atoms with Gasteiger partial charge in [-0.2, -0.15) is 0 Å². The fourth-order valence-electron chi connectivity index (χ4n) is 3.29. The summed E-state index contributed by atoms with van der Waals surface area (Å²) in [4.78, 5) is 0. The molecule has 2 atom stereocenters. The van der Waals surface area contributed by atoms with Crippen molar-refractivity contribution >= 4 is 17.0 Å². The molecule has 0 radical (unpaired) electrons. The lowest BCUT2D eigenvalue weighted by molar-refractivity contribution is 0.209. The highest BCUT2D eigenvalue weighted by atomic mass is 79.9. The van der Waals surface area contributed by atoms with E-state index in [0.29, 0.717) is 24.5 Å². The van der Waals surface area contributed by atoms with Crippen molar-refractivity contribution in [3.8, 4) is 17.2 Å². The molecule has 0 fully saturated rings. The number of hydrogen-bond acceptors (Lipinski definition) is 4. The number of rotatable bonds is 0. The summed E-state index contributed by atoms with van der Waals surface area (Å²) < 4.78 is 20.0. The third-order valence-corrected chi connectivity index (χ3v) is 4.30. The molecule has 2 aliphatic heterocycles. The summed E-state index contributed by atoms with van der Waals surface area (Å²) >= 11 is 0. The van der Waals surface area contributed by atoms with Crippen molar-refractivity contribution in [2.45, 2.75) is 18.5 Å². The lowest BCUT2D eigenvalue weighted by Gasteiger charge is -2.39. The van der Waals surface area contributed by atoms with Crippen LogP contribution < -0.4 is 10.1 Å². The van der Waals surface area contributed by atoms with Gasteiger partial charge >= 0.3 is 0 Å². The molecule has 0 bridgehead atoms. The highest BCUT2D eigenvalue weighted by Crippen LogP contribution is 2.47. The lowest BCUT2D eigenvalue weighted by Crippen LogP contribution is -2.46. The van der Waals surface area contributed by atoms with E-state index in [1.807, 2.05) is 24.3 Å². The Hall–Kier alpha value is -1.79. The van der Waals surface area contributed by atoms with Gasteiger partial charge in [-0.15, -0.1) is 17.0 Å². The molecular formula is C16H15BrFNO3. The Balaban J connectivity index is 0.00000144. The molecule has 0 amide bonds. The third-order valence-electron chi connectivity index (χ3n) is 4.30. The predicted molar refractivity (Wildman–Crippen MR) is 84.5 cm³/mol. The van der Waals surface area contributed by atoms with E-state index in [4.69, 9.17) is 4.74 Å². The van der Waals surface area contributed by atoms with Gasteiger partial charge in [0.1, 0.15) is 12.4 Å². The zero-order chi connectivity index (χ0) is 14.6. The van der Waals surface area contributed by atoms with Gasteiger partial charge < -0.3 is 20.3 Å². The van der Waals surface area contributed by atoms with Gasteiger partial charge in [0.15, 0.2) is 17.3 Å². The largest absolute Gasteiger partial charge is 0.504 e. The predicted octanol–water partition coefficient (Wildman–Crippen LogP) is 2.81. The van der Waals surface area contributed by atoms with Crippen LogP contribution in [-0.4, -0.2) is 22.9 Å². The van der Waals surface area contributed by atoms with Crippen LogP contribution in [-0.2, 0) is 6.54 Å². The summed E-state index contributed by atoms with van der Waals surface area (Å²) in [5.41, 5.74) is 2.45. The molecule has 0 aliphatic carbocycles. The minimum absolute atomic E-state index is 0. The van der Waals surface area contributed by atoms with Crippen molar-refractivity contribution < 1.29 is 19.3 Å².